The van der Waals surface area contributed by atoms with E-state index < -0.39 is 0 Å². The molecule has 78 valence electrons. The Hall–Kier alpha value is -0.260. The van der Waals surface area contributed by atoms with Crippen molar-refractivity contribution in [3.8, 4) is 0 Å². The third kappa shape index (κ3) is 1.43. The van der Waals surface area contributed by atoms with Crippen molar-refractivity contribution in [1.82, 2.24) is 0 Å². The van der Waals surface area contributed by atoms with Crippen LogP contribution in [0, 0.1) is 17.8 Å². The summed E-state index contributed by atoms with van der Waals surface area (Å²) < 4.78 is 0. The lowest BCUT2D eigenvalue weighted by Gasteiger charge is -2.26. The van der Waals surface area contributed by atoms with Crippen molar-refractivity contribution in [1.29, 1.82) is 0 Å². The fraction of sp³-hybridized carbons (Fsp3) is 0.857. The van der Waals surface area contributed by atoms with E-state index in [2.05, 4.69) is 6.92 Å². The Labute approximate surface area is 87.8 Å². The zero-order valence-electron chi connectivity index (χ0n) is 9.39. The van der Waals surface area contributed by atoms with Gasteiger partial charge in [-0.3, -0.25) is 0 Å². The zero-order valence-corrected chi connectivity index (χ0v) is 9.39. The van der Waals surface area contributed by atoms with Crippen molar-refractivity contribution in [2.75, 3.05) is 0 Å². The molecular weight excluding hydrogens is 168 g/mol. The number of rotatable bonds is 0. The average Bonchev–Trinajstić information content (AvgIpc) is 2.78. The first-order valence-electron chi connectivity index (χ1n) is 6.53. The van der Waals surface area contributed by atoms with E-state index in [0.29, 0.717) is 0 Å². The van der Waals surface area contributed by atoms with Gasteiger partial charge in [0.15, 0.2) is 0 Å². The number of hydrogen-bond acceptors (Lipinski definition) is 0. The van der Waals surface area contributed by atoms with E-state index in [4.69, 9.17) is 0 Å². The standard InChI is InChI=1S/C14H22/c1-10-3-2-4-12(7-10)14-9-11-5-6-13(14)8-11/h10-11,13H,2-9H2,1H3. The molecule has 3 unspecified atom stereocenters. The molecule has 0 N–H and O–H groups in total. The molecule has 3 fully saturated rings. The van der Waals surface area contributed by atoms with Gasteiger partial charge >= 0.3 is 0 Å². The van der Waals surface area contributed by atoms with Crippen LogP contribution in [0.4, 0.5) is 0 Å². The number of hydrogen-bond donors (Lipinski definition) is 0. The SMILES string of the molecule is CC1CCCC(=C2CC3CCC2C3)C1. The van der Waals surface area contributed by atoms with Gasteiger partial charge in [0.05, 0.1) is 0 Å². The lowest BCUT2D eigenvalue weighted by Crippen LogP contribution is -2.10. The third-order valence-corrected chi connectivity index (χ3v) is 4.77. The van der Waals surface area contributed by atoms with Crippen molar-refractivity contribution in [3.63, 3.8) is 0 Å². The van der Waals surface area contributed by atoms with Crippen LogP contribution in [0.15, 0.2) is 11.1 Å². The van der Waals surface area contributed by atoms with Crippen LogP contribution in [-0.4, -0.2) is 0 Å². The Bertz CT molecular complexity index is 261. The van der Waals surface area contributed by atoms with E-state index in [9.17, 15) is 0 Å². The minimum atomic E-state index is 0.977. The molecule has 0 aromatic rings. The fourth-order valence-electron chi connectivity index (χ4n) is 4.07. The molecule has 0 aromatic heterocycles. The summed E-state index contributed by atoms with van der Waals surface area (Å²) in [6.07, 6.45) is 11.9. The summed E-state index contributed by atoms with van der Waals surface area (Å²) in [5.74, 6) is 3.12. The Morgan fingerprint density at radius 2 is 2.00 bits per heavy atom. The van der Waals surface area contributed by atoms with Crippen LogP contribution in [0.2, 0.25) is 0 Å². The second-order valence-corrected chi connectivity index (χ2v) is 5.91. The van der Waals surface area contributed by atoms with Crippen LogP contribution in [-0.2, 0) is 0 Å². The molecule has 3 atom stereocenters. The summed E-state index contributed by atoms with van der Waals surface area (Å²) in [4.78, 5) is 0. The van der Waals surface area contributed by atoms with Gasteiger partial charge in [0, 0.05) is 0 Å². The van der Waals surface area contributed by atoms with Crippen molar-refractivity contribution < 1.29 is 0 Å². The summed E-state index contributed by atoms with van der Waals surface area (Å²) in [5, 5.41) is 0. The topological polar surface area (TPSA) is 0 Å². The first-order chi connectivity index (χ1) is 6.83. The summed E-state index contributed by atoms with van der Waals surface area (Å²) in [6, 6.07) is 0. The van der Waals surface area contributed by atoms with Crippen LogP contribution in [0.5, 0.6) is 0 Å². The molecule has 0 aromatic carbocycles. The van der Waals surface area contributed by atoms with E-state index in [-0.39, 0.29) is 0 Å². The molecule has 3 rings (SSSR count). The first kappa shape index (κ1) is 9.00. The van der Waals surface area contributed by atoms with Crippen LogP contribution >= 0.6 is 0 Å². The highest BCUT2D eigenvalue weighted by Gasteiger charge is 2.37. The smallest absolute Gasteiger partial charge is 0.0198 e. The van der Waals surface area contributed by atoms with Gasteiger partial charge in [-0.1, -0.05) is 24.5 Å². The lowest BCUT2D eigenvalue weighted by molar-refractivity contribution is 0.439. The van der Waals surface area contributed by atoms with Crippen LogP contribution < -0.4 is 0 Å². The molecule has 3 aliphatic rings. The van der Waals surface area contributed by atoms with Gasteiger partial charge < -0.3 is 0 Å². The van der Waals surface area contributed by atoms with Crippen molar-refractivity contribution in [2.24, 2.45) is 17.8 Å². The van der Waals surface area contributed by atoms with E-state index in [1.165, 1.54) is 44.9 Å². The Morgan fingerprint density at radius 3 is 2.64 bits per heavy atom. The highest BCUT2D eigenvalue weighted by molar-refractivity contribution is 5.25. The average molecular weight is 190 g/mol. The summed E-state index contributed by atoms with van der Waals surface area (Å²) >= 11 is 0. The highest BCUT2D eigenvalue weighted by atomic mass is 14.4. The maximum atomic E-state index is 2.44. The molecule has 0 aliphatic heterocycles. The Morgan fingerprint density at radius 1 is 1.07 bits per heavy atom. The van der Waals surface area contributed by atoms with Gasteiger partial charge in [0.1, 0.15) is 0 Å². The highest BCUT2D eigenvalue weighted by Crippen LogP contribution is 2.51. The summed E-state index contributed by atoms with van der Waals surface area (Å²) in [6.45, 7) is 2.44. The van der Waals surface area contributed by atoms with Gasteiger partial charge in [-0.15, -0.1) is 0 Å². The molecule has 0 heteroatoms. The monoisotopic (exact) mass is 190 g/mol. The Kier molecular flexibility index (Phi) is 2.18. The van der Waals surface area contributed by atoms with Crippen LogP contribution in [0.25, 0.3) is 0 Å². The minimum Gasteiger partial charge on any atom is -0.0705 e. The van der Waals surface area contributed by atoms with Gasteiger partial charge in [0.25, 0.3) is 0 Å². The first-order valence-corrected chi connectivity index (χ1v) is 6.53. The number of allylic oxidation sites excluding steroid dienone is 2. The largest absolute Gasteiger partial charge is 0.0705 e. The van der Waals surface area contributed by atoms with Gasteiger partial charge in [-0.05, 0) is 62.7 Å². The van der Waals surface area contributed by atoms with Crippen molar-refractivity contribution in [3.05, 3.63) is 11.1 Å². The van der Waals surface area contributed by atoms with E-state index in [0.717, 1.165) is 17.8 Å². The maximum Gasteiger partial charge on any atom is -0.0198 e. The predicted octanol–water partition coefficient (Wildman–Crippen LogP) is 4.31. The third-order valence-electron chi connectivity index (χ3n) is 4.77. The normalized spacial score (nSPS) is 47.4. The summed E-state index contributed by atoms with van der Waals surface area (Å²) in [7, 11) is 0. The van der Waals surface area contributed by atoms with E-state index in [1.54, 1.807) is 6.42 Å². The molecule has 2 bridgehead atoms. The second kappa shape index (κ2) is 3.40. The molecule has 0 radical (unpaired) electrons. The van der Waals surface area contributed by atoms with Crippen LogP contribution in [0.1, 0.15) is 58.3 Å². The molecule has 0 saturated heterocycles. The van der Waals surface area contributed by atoms with Gasteiger partial charge in [-0.2, -0.15) is 0 Å². The summed E-state index contributed by atoms with van der Waals surface area (Å²) in [5.41, 5.74) is 3.84. The molecule has 3 aliphatic carbocycles. The van der Waals surface area contributed by atoms with E-state index in [1.807, 2.05) is 11.1 Å². The molecule has 3 saturated carbocycles. The van der Waals surface area contributed by atoms with Gasteiger partial charge in [-0.25, -0.2) is 0 Å². The fourth-order valence-corrected chi connectivity index (χ4v) is 4.07. The maximum absolute atomic E-state index is 2.44. The molecular formula is C14H22. The lowest BCUT2D eigenvalue weighted by atomic mass is 9.80. The Balaban J connectivity index is 1.81. The molecule has 0 heterocycles. The quantitative estimate of drug-likeness (QED) is 0.499. The van der Waals surface area contributed by atoms with Gasteiger partial charge in [0.2, 0.25) is 0 Å². The predicted molar refractivity (Wildman–Crippen MR) is 60.1 cm³/mol. The van der Waals surface area contributed by atoms with E-state index >= 15 is 0 Å². The minimum absolute atomic E-state index is 0.977. The molecule has 14 heavy (non-hydrogen) atoms. The van der Waals surface area contributed by atoms with Crippen molar-refractivity contribution >= 4 is 0 Å². The van der Waals surface area contributed by atoms with Crippen molar-refractivity contribution in [2.45, 2.75) is 58.3 Å². The zero-order chi connectivity index (χ0) is 9.54. The van der Waals surface area contributed by atoms with Crippen LogP contribution in [0.3, 0.4) is 0 Å². The molecule has 0 amide bonds. The molecule has 0 spiro atoms. The number of fused-ring (bicyclic) bond motifs is 2. The second-order valence-electron chi connectivity index (χ2n) is 5.91. The molecule has 0 nitrogen and oxygen atoms in total.